The van der Waals surface area contributed by atoms with Crippen LogP contribution < -0.4 is 0 Å². The molecule has 0 bridgehead atoms. The number of hydrogen-bond acceptors (Lipinski definition) is 3. The number of non-ortho nitro benzene ring substituents is 1. The lowest BCUT2D eigenvalue weighted by molar-refractivity contribution is -0.385. The molecule has 0 spiro atoms. The molecule has 1 aromatic carbocycles. The molecule has 1 aromatic rings. The van der Waals surface area contributed by atoms with Crippen LogP contribution >= 0.6 is 11.8 Å². The van der Waals surface area contributed by atoms with Gasteiger partial charge in [0.25, 0.3) is 5.69 Å². The molecule has 0 radical (unpaired) electrons. The number of thioether (sulfide) groups is 1. The lowest BCUT2D eigenvalue weighted by Gasteiger charge is -2.03. The Bertz CT molecular complexity index is 399. The van der Waals surface area contributed by atoms with E-state index in [9.17, 15) is 14.5 Å². The number of nitro groups is 1. The molecule has 0 atom stereocenters. The molecule has 0 heterocycles. The highest BCUT2D eigenvalue weighted by Crippen LogP contribution is 2.26. The fourth-order valence-electron chi connectivity index (χ4n) is 1.61. The van der Waals surface area contributed by atoms with Crippen LogP contribution in [0.15, 0.2) is 23.1 Å². The maximum absolute atomic E-state index is 13.5. The van der Waals surface area contributed by atoms with E-state index in [0.717, 1.165) is 24.7 Å². The Balaban J connectivity index is 2.36. The molecule has 0 saturated heterocycles. The number of unbranched alkanes of at least 4 members (excludes halogenated alkanes) is 4. The van der Waals surface area contributed by atoms with E-state index in [1.807, 2.05) is 0 Å². The number of nitro benzene ring substituents is 1. The van der Waals surface area contributed by atoms with E-state index in [-0.39, 0.29) is 5.69 Å². The molecular weight excluding hydrogens is 253 g/mol. The van der Waals surface area contributed by atoms with Crippen LogP contribution in [0.5, 0.6) is 0 Å². The summed E-state index contributed by atoms with van der Waals surface area (Å²) in [5.41, 5.74) is -0.195. The van der Waals surface area contributed by atoms with Crippen molar-refractivity contribution in [2.24, 2.45) is 0 Å². The predicted molar refractivity (Wildman–Crippen MR) is 72.5 cm³/mol. The van der Waals surface area contributed by atoms with E-state index in [0.29, 0.717) is 4.90 Å². The fraction of sp³-hybridized carbons (Fsp3) is 0.538. The van der Waals surface area contributed by atoms with Gasteiger partial charge in [0.05, 0.1) is 11.0 Å². The molecule has 18 heavy (non-hydrogen) atoms. The first-order chi connectivity index (χ1) is 8.65. The minimum atomic E-state index is -0.581. The average molecular weight is 271 g/mol. The largest absolute Gasteiger partial charge is 0.272 e. The highest BCUT2D eigenvalue weighted by molar-refractivity contribution is 7.99. The number of nitrogens with zero attached hydrogens (tertiary/aromatic N) is 1. The molecular formula is C13H18FNO2S. The van der Waals surface area contributed by atoms with E-state index in [4.69, 9.17) is 0 Å². The first-order valence-corrected chi connectivity index (χ1v) is 7.20. The van der Waals surface area contributed by atoms with E-state index in [2.05, 4.69) is 6.92 Å². The maximum atomic E-state index is 13.5. The van der Waals surface area contributed by atoms with Crippen LogP contribution in [0, 0.1) is 15.9 Å². The summed E-state index contributed by atoms with van der Waals surface area (Å²) in [7, 11) is 0. The lowest BCUT2D eigenvalue weighted by atomic mass is 10.2. The van der Waals surface area contributed by atoms with E-state index >= 15 is 0 Å². The summed E-state index contributed by atoms with van der Waals surface area (Å²) in [4.78, 5) is 10.4. The molecule has 0 aliphatic carbocycles. The van der Waals surface area contributed by atoms with Gasteiger partial charge in [0.15, 0.2) is 0 Å². The van der Waals surface area contributed by atoms with Gasteiger partial charge in [-0.05, 0) is 18.2 Å². The molecule has 0 saturated carbocycles. The topological polar surface area (TPSA) is 43.1 Å². The lowest BCUT2D eigenvalue weighted by Crippen LogP contribution is -1.91. The zero-order valence-electron chi connectivity index (χ0n) is 10.5. The number of rotatable bonds is 8. The molecule has 5 heteroatoms. The summed E-state index contributed by atoms with van der Waals surface area (Å²) in [6, 6.07) is 3.83. The van der Waals surface area contributed by atoms with Crippen LogP contribution in [0.1, 0.15) is 39.0 Å². The van der Waals surface area contributed by atoms with Crippen LogP contribution in [-0.4, -0.2) is 10.7 Å². The third-order valence-electron chi connectivity index (χ3n) is 2.63. The van der Waals surface area contributed by atoms with Crippen molar-refractivity contribution >= 4 is 17.4 Å². The molecule has 0 aliphatic rings. The minimum absolute atomic E-state index is 0.195. The predicted octanol–water partition coefficient (Wildman–Crippen LogP) is 4.80. The molecule has 100 valence electrons. The summed E-state index contributed by atoms with van der Waals surface area (Å²) in [5.74, 6) is 0.362. The van der Waals surface area contributed by atoms with Crippen molar-refractivity contribution in [2.75, 3.05) is 5.75 Å². The normalized spacial score (nSPS) is 10.6. The van der Waals surface area contributed by atoms with Gasteiger partial charge in [-0.2, -0.15) is 0 Å². The Hall–Kier alpha value is -1.10. The summed E-state index contributed by atoms with van der Waals surface area (Å²) >= 11 is 1.43. The van der Waals surface area contributed by atoms with Crippen molar-refractivity contribution in [3.63, 3.8) is 0 Å². The van der Waals surface area contributed by atoms with E-state index < -0.39 is 10.7 Å². The average Bonchev–Trinajstić information content (AvgIpc) is 2.35. The zero-order chi connectivity index (χ0) is 13.4. The van der Waals surface area contributed by atoms with Gasteiger partial charge in [-0.15, -0.1) is 11.8 Å². The zero-order valence-corrected chi connectivity index (χ0v) is 11.3. The van der Waals surface area contributed by atoms with Crippen molar-refractivity contribution in [3.05, 3.63) is 34.1 Å². The highest BCUT2D eigenvalue weighted by atomic mass is 32.2. The Morgan fingerprint density at radius 2 is 2.00 bits per heavy atom. The first kappa shape index (κ1) is 15.0. The van der Waals surface area contributed by atoms with Crippen LogP contribution in [-0.2, 0) is 0 Å². The van der Waals surface area contributed by atoms with Crippen molar-refractivity contribution < 1.29 is 9.31 Å². The smallest absolute Gasteiger partial charge is 0.258 e. The second kappa shape index (κ2) is 8.08. The highest BCUT2D eigenvalue weighted by Gasteiger charge is 2.10. The molecule has 0 aliphatic heterocycles. The minimum Gasteiger partial charge on any atom is -0.258 e. The molecule has 0 N–H and O–H groups in total. The van der Waals surface area contributed by atoms with Crippen molar-refractivity contribution in [1.29, 1.82) is 0 Å². The van der Waals surface area contributed by atoms with Gasteiger partial charge in [-0.3, -0.25) is 10.1 Å². The Kier molecular flexibility index (Phi) is 6.72. The van der Waals surface area contributed by atoms with Gasteiger partial charge in [-0.1, -0.05) is 32.6 Å². The van der Waals surface area contributed by atoms with Crippen molar-refractivity contribution in [2.45, 2.75) is 43.9 Å². The van der Waals surface area contributed by atoms with Gasteiger partial charge in [0.2, 0.25) is 0 Å². The van der Waals surface area contributed by atoms with Gasteiger partial charge in [0.1, 0.15) is 5.82 Å². The standard InChI is InChI=1S/C13H18FNO2S/c1-2-3-4-5-6-9-18-13-8-7-11(15(16)17)10-12(13)14/h7-8,10H,2-6,9H2,1H3. The summed E-state index contributed by atoms with van der Waals surface area (Å²) < 4.78 is 13.5. The number of hydrogen-bond donors (Lipinski definition) is 0. The van der Waals surface area contributed by atoms with Gasteiger partial charge < -0.3 is 0 Å². The van der Waals surface area contributed by atoms with Crippen LogP contribution in [0.4, 0.5) is 10.1 Å². The van der Waals surface area contributed by atoms with Gasteiger partial charge in [0, 0.05) is 11.0 Å². The second-order valence-corrected chi connectivity index (χ2v) is 5.27. The fourth-order valence-corrected chi connectivity index (χ4v) is 2.54. The third kappa shape index (κ3) is 5.04. The van der Waals surface area contributed by atoms with Crippen LogP contribution in [0.25, 0.3) is 0 Å². The summed E-state index contributed by atoms with van der Waals surface area (Å²) in [5, 5.41) is 10.5. The third-order valence-corrected chi connectivity index (χ3v) is 3.77. The first-order valence-electron chi connectivity index (χ1n) is 6.22. The molecule has 0 aromatic heterocycles. The van der Waals surface area contributed by atoms with Crippen molar-refractivity contribution in [3.8, 4) is 0 Å². The van der Waals surface area contributed by atoms with E-state index in [1.165, 1.54) is 43.2 Å². The van der Waals surface area contributed by atoms with Gasteiger partial charge in [-0.25, -0.2) is 4.39 Å². The Morgan fingerprint density at radius 1 is 1.28 bits per heavy atom. The van der Waals surface area contributed by atoms with Crippen LogP contribution in [0.2, 0.25) is 0 Å². The summed E-state index contributed by atoms with van der Waals surface area (Å²) in [6.07, 6.45) is 5.90. The van der Waals surface area contributed by atoms with E-state index in [1.54, 1.807) is 0 Å². The molecule has 1 rings (SSSR count). The Morgan fingerprint density at radius 3 is 2.61 bits per heavy atom. The summed E-state index contributed by atoms with van der Waals surface area (Å²) in [6.45, 7) is 2.17. The number of benzene rings is 1. The molecule has 3 nitrogen and oxygen atoms in total. The second-order valence-electron chi connectivity index (χ2n) is 4.13. The quantitative estimate of drug-likeness (QED) is 0.295. The SMILES string of the molecule is CCCCCCCSc1ccc([N+](=O)[O-])cc1F. The molecule has 0 unspecified atom stereocenters. The Labute approximate surface area is 111 Å². The van der Waals surface area contributed by atoms with Crippen LogP contribution in [0.3, 0.4) is 0 Å². The monoisotopic (exact) mass is 271 g/mol. The molecule has 0 fully saturated rings. The molecule has 0 amide bonds. The van der Waals surface area contributed by atoms with Crippen molar-refractivity contribution in [1.82, 2.24) is 0 Å². The van der Waals surface area contributed by atoms with Gasteiger partial charge >= 0.3 is 0 Å². The maximum Gasteiger partial charge on any atom is 0.272 e. The number of halogens is 1.